The van der Waals surface area contributed by atoms with Crippen molar-refractivity contribution in [1.82, 2.24) is 16.0 Å². The smallest absolute Gasteiger partial charge is 0.220 e. The summed E-state index contributed by atoms with van der Waals surface area (Å²) in [7, 11) is 1.79. The molecule has 0 radical (unpaired) electrons. The van der Waals surface area contributed by atoms with Crippen LogP contribution in [0.4, 0.5) is 5.69 Å². The predicted octanol–water partition coefficient (Wildman–Crippen LogP) is 1.49. The highest BCUT2D eigenvalue weighted by molar-refractivity contribution is 5.80. The number of nitrogens with zero attached hydrogens (tertiary/aromatic N) is 2. The van der Waals surface area contributed by atoms with Gasteiger partial charge in [-0.1, -0.05) is 18.2 Å². The van der Waals surface area contributed by atoms with Crippen LogP contribution in [0, 0.1) is 0 Å². The number of rotatable bonds is 7. The Morgan fingerprint density at radius 2 is 1.96 bits per heavy atom. The summed E-state index contributed by atoms with van der Waals surface area (Å²) in [5, 5.41) is 9.82. The minimum atomic E-state index is 0.168. The van der Waals surface area contributed by atoms with Crippen LogP contribution in [0.15, 0.2) is 35.3 Å². The van der Waals surface area contributed by atoms with Crippen molar-refractivity contribution in [3.05, 3.63) is 30.3 Å². The zero-order chi connectivity index (χ0) is 17.5. The number of hydrogen-bond donors (Lipinski definition) is 3. The summed E-state index contributed by atoms with van der Waals surface area (Å²) in [5.74, 6) is 0.990. The Labute approximate surface area is 150 Å². The quantitative estimate of drug-likeness (QED) is 0.399. The van der Waals surface area contributed by atoms with Gasteiger partial charge in [0.1, 0.15) is 0 Å². The summed E-state index contributed by atoms with van der Waals surface area (Å²) in [6.07, 6.45) is 4.77. The Balaban J connectivity index is 1.34. The highest BCUT2D eigenvalue weighted by Gasteiger charge is 2.24. The van der Waals surface area contributed by atoms with Gasteiger partial charge < -0.3 is 20.9 Å². The number of aliphatic imine (C=N–C) groups is 1. The number of nitrogens with one attached hydrogen (secondary N) is 3. The zero-order valence-corrected chi connectivity index (χ0v) is 15.0. The molecular weight excluding hydrogens is 314 g/mol. The Bertz CT molecular complexity index is 585. The zero-order valence-electron chi connectivity index (χ0n) is 15.0. The standard InChI is InChI=1S/C19H29N5O/c1-20-19(21-12-5-8-18(25)22-15-9-10-15)23-16-11-13-24(14-16)17-6-3-2-4-7-17/h2-4,6-7,15-16H,5,8-14H2,1H3,(H,22,25)(H2,20,21,23). The van der Waals surface area contributed by atoms with E-state index in [1.807, 2.05) is 6.07 Å². The second-order valence-corrected chi connectivity index (χ2v) is 6.86. The van der Waals surface area contributed by atoms with Crippen molar-refractivity contribution < 1.29 is 4.79 Å². The van der Waals surface area contributed by atoms with E-state index in [9.17, 15) is 4.79 Å². The lowest BCUT2D eigenvalue weighted by Gasteiger charge is -2.20. The maximum Gasteiger partial charge on any atom is 0.220 e. The number of amides is 1. The van der Waals surface area contributed by atoms with E-state index in [1.165, 1.54) is 5.69 Å². The van der Waals surface area contributed by atoms with Gasteiger partial charge in [-0.25, -0.2) is 0 Å². The summed E-state index contributed by atoms with van der Waals surface area (Å²) >= 11 is 0. The lowest BCUT2D eigenvalue weighted by atomic mass is 10.2. The molecule has 0 bridgehead atoms. The molecule has 1 aliphatic heterocycles. The fourth-order valence-corrected chi connectivity index (χ4v) is 3.12. The van der Waals surface area contributed by atoms with Crippen LogP contribution in [0.3, 0.4) is 0 Å². The molecule has 1 heterocycles. The van der Waals surface area contributed by atoms with Gasteiger partial charge in [-0.2, -0.15) is 0 Å². The fraction of sp³-hybridized carbons (Fsp3) is 0.579. The van der Waals surface area contributed by atoms with Gasteiger partial charge in [0.15, 0.2) is 5.96 Å². The van der Waals surface area contributed by atoms with Gasteiger partial charge in [-0.05, 0) is 37.8 Å². The minimum absolute atomic E-state index is 0.168. The van der Waals surface area contributed by atoms with Crippen molar-refractivity contribution >= 4 is 17.6 Å². The van der Waals surface area contributed by atoms with Gasteiger partial charge in [-0.3, -0.25) is 9.79 Å². The van der Waals surface area contributed by atoms with E-state index in [4.69, 9.17) is 0 Å². The molecule has 0 aromatic heterocycles. The molecule has 25 heavy (non-hydrogen) atoms. The lowest BCUT2D eigenvalue weighted by molar-refractivity contribution is -0.121. The van der Waals surface area contributed by atoms with Crippen LogP contribution in [0.1, 0.15) is 32.1 Å². The van der Waals surface area contributed by atoms with Gasteiger partial charge in [0.25, 0.3) is 0 Å². The fourth-order valence-electron chi connectivity index (χ4n) is 3.12. The maximum atomic E-state index is 11.7. The van der Waals surface area contributed by atoms with E-state index >= 15 is 0 Å². The van der Waals surface area contributed by atoms with Crippen LogP contribution in [-0.4, -0.2) is 50.6 Å². The van der Waals surface area contributed by atoms with E-state index < -0.39 is 0 Å². The van der Waals surface area contributed by atoms with Crippen LogP contribution in [0.2, 0.25) is 0 Å². The van der Waals surface area contributed by atoms with Crippen LogP contribution in [-0.2, 0) is 4.79 Å². The van der Waals surface area contributed by atoms with Gasteiger partial charge in [0, 0.05) is 50.9 Å². The largest absolute Gasteiger partial charge is 0.369 e. The second-order valence-electron chi connectivity index (χ2n) is 6.86. The molecule has 1 atom stereocenters. The Morgan fingerprint density at radius 3 is 2.68 bits per heavy atom. The molecule has 1 saturated heterocycles. The first kappa shape index (κ1) is 17.6. The van der Waals surface area contributed by atoms with E-state index in [0.29, 0.717) is 18.5 Å². The SMILES string of the molecule is CN=C(NCCCC(=O)NC1CC1)NC1CCN(c2ccccc2)C1. The molecule has 1 aromatic carbocycles. The molecule has 2 fully saturated rings. The van der Waals surface area contributed by atoms with E-state index in [0.717, 1.165) is 51.3 Å². The molecule has 1 amide bonds. The topological polar surface area (TPSA) is 68.8 Å². The van der Waals surface area contributed by atoms with Crippen LogP contribution in [0.5, 0.6) is 0 Å². The van der Waals surface area contributed by atoms with Gasteiger partial charge in [0.2, 0.25) is 5.91 Å². The molecule has 6 heteroatoms. The lowest BCUT2D eigenvalue weighted by Crippen LogP contribution is -2.45. The summed E-state index contributed by atoms with van der Waals surface area (Å²) in [5.41, 5.74) is 1.27. The third kappa shape index (κ3) is 5.66. The Kier molecular flexibility index (Phi) is 6.14. The Hall–Kier alpha value is -2.24. The van der Waals surface area contributed by atoms with Crippen molar-refractivity contribution in [2.45, 2.75) is 44.2 Å². The van der Waals surface area contributed by atoms with Crippen LogP contribution in [0.25, 0.3) is 0 Å². The molecule has 0 spiro atoms. The number of carbonyl (C=O) groups excluding carboxylic acids is 1. The molecule has 2 aliphatic rings. The monoisotopic (exact) mass is 343 g/mol. The van der Waals surface area contributed by atoms with Crippen molar-refractivity contribution in [3.8, 4) is 0 Å². The Morgan fingerprint density at radius 1 is 1.16 bits per heavy atom. The number of hydrogen-bond acceptors (Lipinski definition) is 3. The van der Waals surface area contributed by atoms with Crippen molar-refractivity contribution in [3.63, 3.8) is 0 Å². The minimum Gasteiger partial charge on any atom is -0.369 e. The number of anilines is 1. The van der Waals surface area contributed by atoms with E-state index in [-0.39, 0.29) is 5.91 Å². The molecule has 3 N–H and O–H groups in total. The highest BCUT2D eigenvalue weighted by Crippen LogP contribution is 2.20. The van der Waals surface area contributed by atoms with Crippen molar-refractivity contribution in [1.29, 1.82) is 0 Å². The summed E-state index contributed by atoms with van der Waals surface area (Å²) in [4.78, 5) is 18.4. The van der Waals surface area contributed by atoms with Crippen LogP contribution < -0.4 is 20.9 Å². The molecule has 136 valence electrons. The number of benzene rings is 1. The number of para-hydroxylation sites is 1. The normalized spacial score (nSPS) is 20.4. The third-order valence-electron chi connectivity index (χ3n) is 4.69. The summed E-state index contributed by atoms with van der Waals surface area (Å²) in [6.45, 7) is 2.79. The second kappa shape index (κ2) is 8.74. The highest BCUT2D eigenvalue weighted by atomic mass is 16.1. The predicted molar refractivity (Wildman–Crippen MR) is 102 cm³/mol. The average Bonchev–Trinajstić information content (AvgIpc) is 3.32. The van der Waals surface area contributed by atoms with Gasteiger partial charge >= 0.3 is 0 Å². The van der Waals surface area contributed by atoms with E-state index in [2.05, 4.69) is 50.1 Å². The van der Waals surface area contributed by atoms with Crippen LogP contribution >= 0.6 is 0 Å². The average molecular weight is 343 g/mol. The van der Waals surface area contributed by atoms with Crippen molar-refractivity contribution in [2.24, 2.45) is 4.99 Å². The molecule has 1 aromatic rings. The molecule has 1 saturated carbocycles. The molecule has 1 aliphatic carbocycles. The molecule has 1 unspecified atom stereocenters. The summed E-state index contributed by atoms with van der Waals surface area (Å²) in [6, 6.07) is 11.4. The number of guanidine groups is 1. The first-order valence-electron chi connectivity index (χ1n) is 9.31. The maximum absolute atomic E-state index is 11.7. The van der Waals surface area contributed by atoms with Gasteiger partial charge in [0.05, 0.1) is 0 Å². The summed E-state index contributed by atoms with van der Waals surface area (Å²) < 4.78 is 0. The third-order valence-corrected chi connectivity index (χ3v) is 4.69. The van der Waals surface area contributed by atoms with E-state index in [1.54, 1.807) is 7.05 Å². The molecule has 6 nitrogen and oxygen atoms in total. The molecular formula is C19H29N5O. The number of carbonyl (C=O) groups is 1. The first-order valence-corrected chi connectivity index (χ1v) is 9.31. The molecule has 3 rings (SSSR count). The van der Waals surface area contributed by atoms with Crippen molar-refractivity contribution in [2.75, 3.05) is 31.6 Å². The van der Waals surface area contributed by atoms with Gasteiger partial charge in [-0.15, -0.1) is 0 Å². The first-order chi connectivity index (χ1) is 12.2.